The van der Waals surface area contributed by atoms with E-state index in [-0.39, 0.29) is 44.6 Å². The summed E-state index contributed by atoms with van der Waals surface area (Å²) in [4.78, 5) is 157. The number of carboxylic acid groups (broad SMARTS) is 2. The Morgan fingerprint density at radius 3 is 1.32 bits per heavy atom. The van der Waals surface area contributed by atoms with E-state index in [4.69, 9.17) is 17.2 Å². The maximum atomic E-state index is 14.5. The van der Waals surface area contributed by atoms with E-state index in [1.54, 1.807) is 105 Å². The van der Waals surface area contributed by atoms with Crippen LogP contribution in [0.15, 0.2) is 91.4 Å². The molecule has 0 bridgehead atoms. The summed E-state index contributed by atoms with van der Waals surface area (Å²) in [5.74, 6) is -11.8. The zero-order valence-corrected chi connectivity index (χ0v) is 48.3. The fourth-order valence-corrected chi connectivity index (χ4v) is 9.85. The molecule has 0 radical (unpaired) electrons. The molecule has 9 amide bonds. The van der Waals surface area contributed by atoms with Crippen molar-refractivity contribution in [3.8, 4) is 0 Å². The summed E-state index contributed by atoms with van der Waals surface area (Å²) in [6, 6.07) is 7.62. The molecule has 28 heteroatoms. The number of aromatic amines is 3. The monoisotopic (exact) mass is 1200 g/mol. The Morgan fingerprint density at radius 1 is 0.471 bits per heavy atom. The van der Waals surface area contributed by atoms with Gasteiger partial charge in [0.05, 0.1) is 25.5 Å². The molecule has 0 aliphatic carbocycles. The van der Waals surface area contributed by atoms with Crippen molar-refractivity contribution in [3.05, 3.63) is 108 Å². The largest absolute Gasteiger partial charge is 0.481 e. The average Bonchev–Trinajstić information content (AvgIpc) is 2.41. The fourth-order valence-electron chi connectivity index (χ4n) is 9.85. The number of benzene rings is 3. The summed E-state index contributed by atoms with van der Waals surface area (Å²) in [6.45, 7) is 3.98. The van der Waals surface area contributed by atoms with E-state index in [0.29, 0.717) is 56.7 Å². The van der Waals surface area contributed by atoms with Gasteiger partial charge in [0.15, 0.2) is 0 Å². The number of amides is 9. The average molecular weight is 1210 g/mol. The maximum Gasteiger partial charge on any atom is 0.326 e. The molecule has 3 aromatic heterocycles. The third-order valence-corrected chi connectivity index (χ3v) is 14.4. The number of rotatable bonds is 34. The summed E-state index contributed by atoms with van der Waals surface area (Å²) in [5, 5.41) is 52.1. The molecule has 28 nitrogen and oxygen atoms in total. The lowest BCUT2D eigenvalue weighted by atomic mass is 10.00. The third-order valence-electron chi connectivity index (χ3n) is 14.4. The summed E-state index contributed by atoms with van der Waals surface area (Å²) in [7, 11) is 0. The van der Waals surface area contributed by atoms with Gasteiger partial charge in [-0.05, 0) is 80.0 Å². The molecule has 0 saturated heterocycles. The van der Waals surface area contributed by atoms with Gasteiger partial charge >= 0.3 is 11.9 Å². The van der Waals surface area contributed by atoms with Gasteiger partial charge in [-0.25, -0.2) is 4.79 Å². The Morgan fingerprint density at radius 2 is 0.862 bits per heavy atom. The zero-order chi connectivity index (χ0) is 63.5. The maximum absolute atomic E-state index is 14.5. The van der Waals surface area contributed by atoms with Crippen LogP contribution >= 0.6 is 0 Å². The van der Waals surface area contributed by atoms with Gasteiger partial charge < -0.3 is 90.0 Å². The van der Waals surface area contributed by atoms with Gasteiger partial charge in [0.25, 0.3) is 0 Å². The number of unbranched alkanes of at least 4 members (excludes halogenated alkanes) is 1. The van der Waals surface area contributed by atoms with Gasteiger partial charge in [-0.2, -0.15) is 0 Å². The first-order chi connectivity index (χ1) is 41.5. The van der Waals surface area contributed by atoms with Gasteiger partial charge in [-0.3, -0.25) is 47.9 Å². The number of carbonyl (C=O) groups excluding carboxylic acids is 9. The van der Waals surface area contributed by atoms with Crippen molar-refractivity contribution in [3.63, 3.8) is 0 Å². The second kappa shape index (κ2) is 31.5. The molecule has 9 atom stereocenters. The quantitative estimate of drug-likeness (QED) is 0.0215. The second-order valence-corrected chi connectivity index (χ2v) is 21.7. The van der Waals surface area contributed by atoms with Crippen LogP contribution in [0.25, 0.3) is 32.7 Å². The third kappa shape index (κ3) is 18.9. The highest BCUT2D eigenvalue weighted by atomic mass is 16.4. The number of carboxylic acids is 2. The first kappa shape index (κ1) is 66.5. The minimum absolute atomic E-state index is 0.0331. The number of carbonyl (C=O) groups is 11. The van der Waals surface area contributed by atoms with Crippen molar-refractivity contribution in [1.29, 1.82) is 0 Å². The van der Waals surface area contributed by atoms with E-state index < -0.39 is 139 Å². The second-order valence-electron chi connectivity index (χ2n) is 21.7. The molecule has 0 aliphatic heterocycles. The molecule has 0 saturated carbocycles. The van der Waals surface area contributed by atoms with Gasteiger partial charge in [0, 0.05) is 70.6 Å². The van der Waals surface area contributed by atoms with E-state index in [1.807, 2.05) is 0 Å². The lowest BCUT2D eigenvalue weighted by Crippen LogP contribution is -2.61. The zero-order valence-electron chi connectivity index (χ0n) is 48.3. The lowest BCUT2D eigenvalue weighted by Gasteiger charge is -2.27. The van der Waals surface area contributed by atoms with Crippen LogP contribution in [-0.4, -0.2) is 163 Å². The molecule has 0 spiro atoms. The van der Waals surface area contributed by atoms with Crippen LogP contribution in [0.1, 0.15) is 76.0 Å². The molecule has 3 heterocycles. The van der Waals surface area contributed by atoms with E-state index >= 15 is 0 Å². The minimum atomic E-state index is -1.74. The number of hydrogen-bond donors (Lipinski definition) is 17. The molecule has 0 aliphatic rings. The predicted octanol–water partition coefficient (Wildman–Crippen LogP) is -1.01. The van der Waals surface area contributed by atoms with E-state index in [1.165, 1.54) is 6.92 Å². The van der Waals surface area contributed by atoms with Crippen molar-refractivity contribution in [1.82, 2.24) is 57.5 Å². The van der Waals surface area contributed by atoms with Crippen molar-refractivity contribution in [2.24, 2.45) is 23.1 Å². The summed E-state index contributed by atoms with van der Waals surface area (Å²) >= 11 is 0. The van der Waals surface area contributed by atoms with Crippen LogP contribution in [0.3, 0.4) is 0 Å². The van der Waals surface area contributed by atoms with Crippen molar-refractivity contribution in [2.75, 3.05) is 13.2 Å². The van der Waals surface area contributed by atoms with Gasteiger partial charge in [-0.1, -0.05) is 68.4 Å². The molecule has 3 aromatic carbocycles. The molecule has 20 N–H and O–H groups in total. The van der Waals surface area contributed by atoms with Crippen LogP contribution in [-0.2, 0) is 72.0 Å². The lowest BCUT2D eigenvalue weighted by molar-refractivity contribution is -0.142. The number of nitrogens with two attached hydrogens (primary N) is 3. The molecule has 0 unspecified atom stereocenters. The number of hydrogen-bond acceptors (Lipinski definition) is 14. The normalized spacial score (nSPS) is 14.5. The fraction of sp³-hybridized carbons (Fsp3) is 0.407. The van der Waals surface area contributed by atoms with Crippen molar-refractivity contribution in [2.45, 2.75) is 133 Å². The van der Waals surface area contributed by atoms with Crippen molar-refractivity contribution < 1.29 is 68.1 Å². The van der Waals surface area contributed by atoms with Crippen molar-refractivity contribution >= 4 is 97.8 Å². The number of fused-ring (bicyclic) bond motifs is 3. The number of para-hydroxylation sites is 3. The molecule has 0 fully saturated rings. The van der Waals surface area contributed by atoms with Crippen LogP contribution < -0.4 is 59.7 Å². The number of aliphatic hydroxyl groups is 1. The number of primary amides is 1. The Labute approximate surface area is 499 Å². The van der Waals surface area contributed by atoms with Gasteiger partial charge in [-0.15, -0.1) is 0 Å². The number of aliphatic carboxylic acids is 2. The molecular weight excluding hydrogens is 1130 g/mol. The number of H-pyrrole nitrogens is 3. The van der Waals surface area contributed by atoms with Crippen LogP contribution in [0.5, 0.6) is 0 Å². The Bertz CT molecular complexity index is 3450. The number of nitrogens with one attached hydrogen (secondary N) is 11. The Balaban J connectivity index is 1.17. The summed E-state index contributed by atoms with van der Waals surface area (Å²) in [5.41, 5.74) is 20.8. The number of aromatic nitrogens is 3. The highest BCUT2D eigenvalue weighted by Crippen LogP contribution is 2.23. The SMILES string of the molecule is CC(C)C[C@H](NC(=O)[C@H](CO)NC(=O)[C@H](C)NC(=O)[C@H](Cc1c[nH]c2ccccc12)NC(=O)[C@H](CCCCN)NC(=O)[C@@H](N)CC(=O)O)C(=O)N[C@@H](Cc1c[nH]c2ccccc12)C(=O)N[C@@H](CC(N)=O)C(=O)N[C@@H](Cc1c[nH]c2ccccc12)C(=O)O. The van der Waals surface area contributed by atoms with E-state index in [2.05, 4.69) is 57.5 Å². The van der Waals surface area contributed by atoms with Gasteiger partial charge in [0.2, 0.25) is 53.2 Å². The van der Waals surface area contributed by atoms with Gasteiger partial charge in [0.1, 0.15) is 48.3 Å². The molecular formula is C59H76N14O14. The molecule has 87 heavy (non-hydrogen) atoms. The summed E-state index contributed by atoms with van der Waals surface area (Å²) in [6.07, 6.45) is 3.55. The summed E-state index contributed by atoms with van der Waals surface area (Å²) < 4.78 is 0. The highest BCUT2D eigenvalue weighted by Gasteiger charge is 2.36. The van der Waals surface area contributed by atoms with Crippen LogP contribution in [0.4, 0.5) is 0 Å². The molecule has 6 aromatic rings. The first-order valence-corrected chi connectivity index (χ1v) is 28.3. The topological polar surface area (TPSA) is 470 Å². The standard InChI is InChI=1S/C59H76N14O14/c1-30(2)20-43(55(82)70-45(22-33-27-64-40-16-8-5-13-36(33)40)56(83)71-46(25-49(62)75)57(84)72-47(59(86)87)23-34-28-65-41-17-9-6-14-37(34)41)68-58(85)48(29-74)73-51(78)31(3)66-54(81)44(21-32-26-63-39-15-7-4-12-35(32)39)69-53(80)42(18-10-11-19-60)67-52(79)38(61)24-50(76)77/h4-9,12-17,26-28,30-31,38,42-48,63-65,74H,10-11,18-25,29,60-61H2,1-3H3,(H2,62,75)(H,66,81)(H,67,79)(H,68,85)(H,69,80)(H,70,82)(H,71,83)(H,72,84)(H,73,78)(H,76,77)(H,86,87)/t31-,38-,42-,43-,44-,45-,46-,47-,48-/m0/s1. The highest BCUT2D eigenvalue weighted by molar-refractivity contribution is 6.00. The van der Waals surface area contributed by atoms with Crippen LogP contribution in [0, 0.1) is 5.92 Å². The van der Waals surface area contributed by atoms with Crippen LogP contribution in [0.2, 0.25) is 0 Å². The smallest absolute Gasteiger partial charge is 0.326 e. The van der Waals surface area contributed by atoms with E-state index in [0.717, 1.165) is 5.52 Å². The van der Waals surface area contributed by atoms with E-state index in [9.17, 15) is 68.1 Å². The molecule has 6 rings (SSSR count). The number of aliphatic hydroxyl groups excluding tert-OH is 1. The Kier molecular flexibility index (Phi) is 24.0. The minimum Gasteiger partial charge on any atom is -0.481 e. The predicted molar refractivity (Wildman–Crippen MR) is 318 cm³/mol. The first-order valence-electron chi connectivity index (χ1n) is 28.3. The Hall–Kier alpha value is -9.67. The molecule has 466 valence electrons.